The van der Waals surface area contributed by atoms with Gasteiger partial charge in [0.15, 0.2) is 0 Å². The van der Waals surface area contributed by atoms with E-state index in [-0.39, 0.29) is 5.92 Å². The van der Waals surface area contributed by atoms with E-state index in [4.69, 9.17) is 21.1 Å². The van der Waals surface area contributed by atoms with E-state index in [1.54, 1.807) is 13.0 Å². The minimum atomic E-state index is -3.93. The molecule has 0 spiro atoms. The van der Waals surface area contributed by atoms with Crippen LogP contribution in [0.15, 0.2) is 48.6 Å². The van der Waals surface area contributed by atoms with E-state index in [1.165, 1.54) is 24.8 Å². The molecule has 3 heterocycles. The molecule has 48 heavy (non-hydrogen) atoms. The van der Waals surface area contributed by atoms with Crippen molar-refractivity contribution in [3.8, 4) is 5.75 Å². The number of sulfonamides is 1. The van der Waals surface area contributed by atoms with Gasteiger partial charge < -0.3 is 19.3 Å². The first-order valence-corrected chi connectivity index (χ1v) is 19.8. The summed E-state index contributed by atoms with van der Waals surface area (Å²) in [5.41, 5.74) is 2.95. The number of anilines is 1. The lowest BCUT2D eigenvalue weighted by atomic mass is 9.63. The molecule has 3 aliphatic heterocycles. The number of aryl methyl sites for hydroxylation is 1. The lowest BCUT2D eigenvalue weighted by molar-refractivity contribution is -0.0931. The fourth-order valence-corrected chi connectivity index (χ4v) is 9.58. The number of hydrogen-bond donors (Lipinski definition) is 1. The standard InChI is InChI=1S/C38H52ClN3O5S/c1-27-10-9-18-38(46-3,26-41-19-6-4-7-20-41)34-16-13-31(34)24-42-21-8-5-11-29-22-33(39)15-12-32(29)25-47-36-17-14-30(23-35(36)42)37(43)40-48(44,45)28(27)2/h9,12,14-15,17-18,22-23,27-28,31,34H,4-8,10-11,13,16,19-21,24-26H2,1-3H3,(H,40,43)/b18-9+/t27-,28+,31-,34+,38-/m0/s1. The second-order valence-corrected chi connectivity index (χ2v) is 17.0. The largest absolute Gasteiger partial charge is 0.487 e. The number of amides is 1. The Morgan fingerprint density at radius 2 is 1.79 bits per heavy atom. The number of hydrogen-bond acceptors (Lipinski definition) is 7. The Morgan fingerprint density at radius 1 is 1.00 bits per heavy atom. The van der Waals surface area contributed by atoms with Gasteiger partial charge in [0.05, 0.1) is 10.9 Å². The monoisotopic (exact) mass is 697 g/mol. The molecular weight excluding hydrogens is 646 g/mol. The molecule has 1 aliphatic carbocycles. The molecule has 10 heteroatoms. The van der Waals surface area contributed by atoms with Crippen LogP contribution in [0.25, 0.3) is 0 Å². The number of likely N-dealkylation sites (tertiary alicyclic amines) is 1. The van der Waals surface area contributed by atoms with Crippen molar-refractivity contribution < 1.29 is 22.7 Å². The highest BCUT2D eigenvalue weighted by atomic mass is 35.5. The molecule has 1 N–H and O–H groups in total. The summed E-state index contributed by atoms with van der Waals surface area (Å²) in [5.74, 6) is 0.564. The van der Waals surface area contributed by atoms with Crippen molar-refractivity contribution in [2.24, 2.45) is 17.8 Å². The van der Waals surface area contributed by atoms with E-state index in [0.717, 1.165) is 81.1 Å². The lowest BCUT2D eigenvalue weighted by Crippen LogP contribution is -2.56. The Morgan fingerprint density at radius 3 is 2.54 bits per heavy atom. The van der Waals surface area contributed by atoms with Crippen LogP contribution >= 0.6 is 11.6 Å². The summed E-state index contributed by atoms with van der Waals surface area (Å²) in [5, 5.41) is -0.0385. The zero-order valence-corrected chi connectivity index (χ0v) is 30.3. The second-order valence-electron chi connectivity index (χ2n) is 14.5. The van der Waals surface area contributed by atoms with Gasteiger partial charge in [-0.1, -0.05) is 43.2 Å². The minimum Gasteiger partial charge on any atom is -0.487 e. The van der Waals surface area contributed by atoms with Crippen molar-refractivity contribution in [2.45, 2.75) is 89.1 Å². The molecule has 8 nitrogen and oxygen atoms in total. The van der Waals surface area contributed by atoms with Gasteiger partial charge in [-0.05, 0) is 131 Å². The number of rotatable bonds is 3. The van der Waals surface area contributed by atoms with Crippen LogP contribution in [0.2, 0.25) is 5.02 Å². The van der Waals surface area contributed by atoms with Gasteiger partial charge in [-0.25, -0.2) is 13.1 Å². The van der Waals surface area contributed by atoms with Crippen molar-refractivity contribution in [2.75, 3.05) is 44.7 Å². The third-order valence-corrected chi connectivity index (χ3v) is 13.6. The summed E-state index contributed by atoms with van der Waals surface area (Å²) < 4.78 is 42.5. The molecule has 2 bridgehead atoms. The predicted octanol–water partition coefficient (Wildman–Crippen LogP) is 7.00. The smallest absolute Gasteiger partial charge is 0.264 e. The van der Waals surface area contributed by atoms with Gasteiger partial charge in [-0.15, -0.1) is 0 Å². The number of fused-ring (bicyclic) bond motifs is 3. The molecule has 2 aromatic carbocycles. The van der Waals surface area contributed by atoms with Crippen molar-refractivity contribution in [1.82, 2.24) is 9.62 Å². The molecule has 0 radical (unpaired) electrons. The minimum absolute atomic E-state index is 0.199. The van der Waals surface area contributed by atoms with E-state index in [1.807, 2.05) is 44.4 Å². The Labute approximate surface area is 292 Å². The van der Waals surface area contributed by atoms with E-state index in [9.17, 15) is 13.2 Å². The molecule has 0 aromatic heterocycles. The maximum absolute atomic E-state index is 13.5. The average Bonchev–Trinajstić information content (AvgIpc) is 3.09. The maximum Gasteiger partial charge on any atom is 0.264 e. The molecule has 262 valence electrons. The quantitative estimate of drug-likeness (QED) is 0.346. The Hall–Kier alpha value is -2.59. The zero-order valence-electron chi connectivity index (χ0n) is 28.8. The topological polar surface area (TPSA) is 88.2 Å². The SMILES string of the molecule is CO[C@]1(CN2CCCCC2)/C=C/C[C@H](C)[C@@H](C)S(=O)(=O)NC(=O)c2ccc3c(c2)N(CCCCc2cc(Cl)ccc2CO3)C[C@@H]2CC[C@H]21. The number of allylic oxidation sites excluding steroid dienone is 1. The van der Waals surface area contributed by atoms with Crippen LogP contribution in [-0.4, -0.2) is 69.9 Å². The van der Waals surface area contributed by atoms with Crippen LogP contribution in [0.4, 0.5) is 5.69 Å². The number of ether oxygens (including phenoxy) is 2. The van der Waals surface area contributed by atoms with Gasteiger partial charge in [0.25, 0.3) is 5.91 Å². The first-order chi connectivity index (χ1) is 23.1. The maximum atomic E-state index is 13.5. The Balaban J connectivity index is 1.40. The normalized spacial score (nSPS) is 30.8. The summed E-state index contributed by atoms with van der Waals surface area (Å²) in [6.45, 7) is 8.59. The molecule has 2 aromatic rings. The van der Waals surface area contributed by atoms with E-state index in [2.05, 4.69) is 26.7 Å². The number of carbonyl (C=O) groups is 1. The molecule has 6 rings (SSSR count). The van der Waals surface area contributed by atoms with Crippen LogP contribution in [-0.2, 0) is 27.8 Å². The van der Waals surface area contributed by atoms with Crippen LogP contribution < -0.4 is 14.4 Å². The van der Waals surface area contributed by atoms with E-state index < -0.39 is 26.8 Å². The molecule has 1 saturated carbocycles. The molecule has 1 amide bonds. The number of piperidine rings is 1. The summed E-state index contributed by atoms with van der Waals surface area (Å²) in [7, 11) is -2.08. The Bertz CT molecular complexity index is 1590. The molecule has 4 aliphatic rings. The van der Waals surface area contributed by atoms with Gasteiger partial charge in [0.2, 0.25) is 10.0 Å². The highest BCUT2D eigenvalue weighted by Gasteiger charge is 2.48. The predicted molar refractivity (Wildman–Crippen MR) is 192 cm³/mol. The third kappa shape index (κ3) is 7.74. The van der Waals surface area contributed by atoms with Crippen molar-refractivity contribution in [3.63, 3.8) is 0 Å². The molecule has 1 saturated heterocycles. The van der Waals surface area contributed by atoms with Crippen molar-refractivity contribution in [3.05, 3.63) is 70.3 Å². The molecule has 2 fully saturated rings. The summed E-state index contributed by atoms with van der Waals surface area (Å²) in [6, 6.07) is 11.3. The zero-order chi connectivity index (χ0) is 33.9. The fraction of sp³-hybridized carbons (Fsp3) is 0.605. The van der Waals surface area contributed by atoms with Gasteiger partial charge in [0, 0.05) is 37.3 Å². The van der Waals surface area contributed by atoms with E-state index in [0.29, 0.717) is 36.2 Å². The summed E-state index contributed by atoms with van der Waals surface area (Å²) >= 11 is 6.38. The van der Waals surface area contributed by atoms with Gasteiger partial charge >= 0.3 is 0 Å². The molecule has 5 atom stereocenters. The van der Waals surface area contributed by atoms with Crippen LogP contribution in [0.5, 0.6) is 5.75 Å². The van der Waals surface area contributed by atoms with Crippen LogP contribution in [0.1, 0.15) is 86.7 Å². The van der Waals surface area contributed by atoms with Gasteiger partial charge in [-0.2, -0.15) is 0 Å². The number of benzene rings is 2. The van der Waals surface area contributed by atoms with Crippen LogP contribution in [0.3, 0.4) is 0 Å². The van der Waals surface area contributed by atoms with E-state index >= 15 is 0 Å². The summed E-state index contributed by atoms with van der Waals surface area (Å²) in [4.78, 5) is 18.5. The number of nitrogens with one attached hydrogen (secondary N) is 1. The first-order valence-electron chi connectivity index (χ1n) is 17.9. The number of methoxy groups -OCH3 is 1. The first kappa shape index (κ1) is 35.2. The van der Waals surface area contributed by atoms with Crippen LogP contribution in [0, 0.1) is 17.8 Å². The highest BCUT2D eigenvalue weighted by molar-refractivity contribution is 7.90. The fourth-order valence-electron chi connectivity index (χ4n) is 8.10. The third-order valence-electron chi connectivity index (χ3n) is 11.5. The second kappa shape index (κ2) is 15.1. The Kier molecular flexibility index (Phi) is 11.1. The van der Waals surface area contributed by atoms with Gasteiger partial charge in [-0.3, -0.25) is 4.79 Å². The van der Waals surface area contributed by atoms with Gasteiger partial charge in [0.1, 0.15) is 18.0 Å². The average molecular weight is 698 g/mol. The van der Waals surface area contributed by atoms with Crippen molar-refractivity contribution in [1.29, 1.82) is 0 Å². The number of halogens is 1. The van der Waals surface area contributed by atoms with Crippen molar-refractivity contribution >= 4 is 33.2 Å². The number of nitrogens with zero attached hydrogens (tertiary/aromatic N) is 2. The molecule has 0 unspecified atom stereocenters. The highest BCUT2D eigenvalue weighted by Crippen LogP contribution is 2.47. The number of carbonyl (C=O) groups excluding carboxylic acids is 1. The lowest BCUT2D eigenvalue weighted by Gasteiger charge is -2.51. The molecular formula is C38H52ClN3O5S. The summed E-state index contributed by atoms with van der Waals surface area (Å²) in [6.07, 6.45) is 13.7.